The molecule has 0 aliphatic rings. The van der Waals surface area contributed by atoms with Crippen molar-refractivity contribution in [2.24, 2.45) is 0 Å². The first-order valence-corrected chi connectivity index (χ1v) is 8.70. The fourth-order valence-corrected chi connectivity index (χ4v) is 3.54. The van der Waals surface area contributed by atoms with Crippen LogP contribution < -0.4 is 19.6 Å². The summed E-state index contributed by atoms with van der Waals surface area (Å²) in [6, 6.07) is 15.0. The van der Waals surface area contributed by atoms with Crippen LogP contribution in [0.25, 0.3) is 22.4 Å². The molecule has 0 saturated carbocycles. The standard InChI is InChI=1S/C19H15N3O3S/c1-24-13-9-7-12(8-10-13)11-16-18(23)22-19(26-16)20-17(21-22)14-5-3-4-6-15(14)25-2/h3-11H,1-2H3/b16-11+. The Kier molecular flexibility index (Phi) is 4.14. The van der Waals surface area contributed by atoms with Crippen LogP contribution in [0.4, 0.5) is 0 Å². The quantitative estimate of drug-likeness (QED) is 0.556. The third kappa shape index (κ3) is 2.82. The van der Waals surface area contributed by atoms with E-state index in [-0.39, 0.29) is 5.56 Å². The van der Waals surface area contributed by atoms with Gasteiger partial charge in [0.1, 0.15) is 11.5 Å². The molecule has 0 aliphatic carbocycles. The van der Waals surface area contributed by atoms with Crippen LogP contribution in [-0.4, -0.2) is 28.8 Å². The van der Waals surface area contributed by atoms with E-state index in [4.69, 9.17) is 9.47 Å². The molecule has 2 aromatic carbocycles. The number of benzene rings is 2. The number of methoxy groups -OCH3 is 2. The maximum Gasteiger partial charge on any atom is 0.291 e. The summed E-state index contributed by atoms with van der Waals surface area (Å²) in [6.07, 6.45) is 1.82. The number of ether oxygens (including phenoxy) is 2. The first-order valence-electron chi connectivity index (χ1n) is 7.88. The van der Waals surface area contributed by atoms with Gasteiger partial charge in [0, 0.05) is 0 Å². The highest BCUT2D eigenvalue weighted by Gasteiger charge is 2.14. The normalized spacial score (nSPS) is 11.8. The Morgan fingerprint density at radius 3 is 2.50 bits per heavy atom. The summed E-state index contributed by atoms with van der Waals surface area (Å²) in [7, 11) is 3.21. The molecule has 0 unspecified atom stereocenters. The molecular formula is C19H15N3O3S. The molecule has 0 atom stereocenters. The van der Waals surface area contributed by atoms with E-state index >= 15 is 0 Å². The molecule has 0 saturated heterocycles. The van der Waals surface area contributed by atoms with Gasteiger partial charge in [0.15, 0.2) is 5.82 Å². The molecule has 0 amide bonds. The minimum Gasteiger partial charge on any atom is -0.497 e. The lowest BCUT2D eigenvalue weighted by Crippen LogP contribution is -2.23. The Morgan fingerprint density at radius 1 is 1.04 bits per heavy atom. The molecule has 2 aromatic heterocycles. The lowest BCUT2D eigenvalue weighted by atomic mass is 10.2. The van der Waals surface area contributed by atoms with Crippen molar-refractivity contribution in [3.63, 3.8) is 0 Å². The number of thiazole rings is 1. The monoisotopic (exact) mass is 365 g/mol. The van der Waals surface area contributed by atoms with Crippen LogP contribution in [0, 0.1) is 0 Å². The van der Waals surface area contributed by atoms with Gasteiger partial charge >= 0.3 is 0 Å². The highest BCUT2D eigenvalue weighted by molar-refractivity contribution is 7.15. The van der Waals surface area contributed by atoms with Crippen molar-refractivity contribution >= 4 is 22.4 Å². The summed E-state index contributed by atoms with van der Waals surface area (Å²) in [5.74, 6) is 1.92. The van der Waals surface area contributed by atoms with E-state index in [9.17, 15) is 4.79 Å². The van der Waals surface area contributed by atoms with Crippen LogP contribution >= 0.6 is 11.3 Å². The Morgan fingerprint density at radius 2 is 1.81 bits per heavy atom. The van der Waals surface area contributed by atoms with E-state index in [2.05, 4.69) is 10.1 Å². The van der Waals surface area contributed by atoms with Crippen molar-refractivity contribution in [2.75, 3.05) is 14.2 Å². The molecule has 0 N–H and O–H groups in total. The van der Waals surface area contributed by atoms with Gasteiger partial charge < -0.3 is 9.47 Å². The number of aromatic nitrogens is 3. The second-order valence-electron chi connectivity index (χ2n) is 5.52. The third-order valence-corrected chi connectivity index (χ3v) is 4.90. The summed E-state index contributed by atoms with van der Waals surface area (Å²) < 4.78 is 12.4. The molecule has 26 heavy (non-hydrogen) atoms. The summed E-state index contributed by atoms with van der Waals surface area (Å²) in [5, 5.41) is 4.36. The predicted molar refractivity (Wildman–Crippen MR) is 101 cm³/mol. The van der Waals surface area contributed by atoms with E-state index in [0.717, 1.165) is 16.9 Å². The first kappa shape index (κ1) is 16.3. The van der Waals surface area contributed by atoms with Gasteiger partial charge in [-0.1, -0.05) is 35.6 Å². The lowest BCUT2D eigenvalue weighted by molar-refractivity contribution is 0.415. The van der Waals surface area contributed by atoms with Crippen LogP contribution in [0.1, 0.15) is 5.56 Å². The Balaban J connectivity index is 1.78. The van der Waals surface area contributed by atoms with Crippen LogP contribution in [0.5, 0.6) is 11.5 Å². The molecule has 2 heterocycles. The van der Waals surface area contributed by atoms with E-state index in [0.29, 0.717) is 21.1 Å². The summed E-state index contributed by atoms with van der Waals surface area (Å²) >= 11 is 1.31. The highest BCUT2D eigenvalue weighted by Crippen LogP contribution is 2.27. The lowest BCUT2D eigenvalue weighted by Gasteiger charge is -2.03. The van der Waals surface area contributed by atoms with Crippen molar-refractivity contribution in [2.45, 2.75) is 0 Å². The first-order chi connectivity index (χ1) is 12.7. The summed E-state index contributed by atoms with van der Waals surface area (Å²) in [4.78, 5) is 17.7. The molecule has 0 spiro atoms. The van der Waals surface area contributed by atoms with E-state index < -0.39 is 0 Å². The van der Waals surface area contributed by atoms with Gasteiger partial charge in [-0.25, -0.2) is 0 Å². The molecule has 0 bridgehead atoms. The summed E-state index contributed by atoms with van der Waals surface area (Å²) in [5.41, 5.74) is 1.48. The number of rotatable bonds is 4. The highest BCUT2D eigenvalue weighted by atomic mass is 32.1. The zero-order valence-electron chi connectivity index (χ0n) is 14.2. The van der Waals surface area contributed by atoms with Gasteiger partial charge in [-0.15, -0.1) is 5.10 Å². The van der Waals surface area contributed by atoms with Crippen molar-refractivity contribution in [3.05, 3.63) is 69.0 Å². The van der Waals surface area contributed by atoms with Gasteiger partial charge in [0.25, 0.3) is 5.56 Å². The second-order valence-corrected chi connectivity index (χ2v) is 6.53. The van der Waals surface area contributed by atoms with Crippen LogP contribution in [0.3, 0.4) is 0 Å². The predicted octanol–water partition coefficient (Wildman–Crippen LogP) is 2.38. The van der Waals surface area contributed by atoms with E-state index in [1.165, 1.54) is 15.9 Å². The number of nitrogens with zero attached hydrogens (tertiary/aromatic N) is 3. The molecule has 7 heteroatoms. The average Bonchev–Trinajstić information content (AvgIpc) is 3.22. The molecule has 6 nitrogen and oxygen atoms in total. The SMILES string of the molecule is COc1ccc(/C=c2/sc3nc(-c4ccccc4OC)nn3c2=O)cc1. The maximum atomic E-state index is 12.6. The zero-order chi connectivity index (χ0) is 18.1. The molecule has 130 valence electrons. The van der Waals surface area contributed by atoms with E-state index in [1.54, 1.807) is 14.2 Å². The van der Waals surface area contributed by atoms with Crippen LogP contribution in [0.2, 0.25) is 0 Å². The van der Waals surface area contributed by atoms with Crippen LogP contribution in [-0.2, 0) is 0 Å². The van der Waals surface area contributed by atoms with Crippen molar-refractivity contribution in [3.8, 4) is 22.9 Å². The average molecular weight is 365 g/mol. The smallest absolute Gasteiger partial charge is 0.291 e. The fourth-order valence-electron chi connectivity index (χ4n) is 2.63. The molecular weight excluding hydrogens is 350 g/mol. The minimum atomic E-state index is -0.186. The summed E-state index contributed by atoms with van der Waals surface area (Å²) in [6.45, 7) is 0. The maximum absolute atomic E-state index is 12.6. The number of hydrogen-bond acceptors (Lipinski definition) is 6. The molecule has 0 radical (unpaired) electrons. The van der Waals surface area contributed by atoms with E-state index in [1.807, 2.05) is 54.6 Å². The van der Waals surface area contributed by atoms with Gasteiger partial charge in [-0.2, -0.15) is 9.50 Å². The third-order valence-electron chi connectivity index (χ3n) is 3.94. The number of para-hydroxylation sites is 1. The van der Waals surface area contributed by atoms with Gasteiger partial charge in [-0.05, 0) is 35.9 Å². The molecule has 4 rings (SSSR count). The Hall–Kier alpha value is -3.19. The van der Waals surface area contributed by atoms with Gasteiger partial charge in [-0.3, -0.25) is 4.79 Å². The van der Waals surface area contributed by atoms with Gasteiger partial charge in [0.05, 0.1) is 24.3 Å². The zero-order valence-corrected chi connectivity index (χ0v) is 15.0. The second kappa shape index (κ2) is 6.61. The number of fused-ring (bicyclic) bond motifs is 1. The minimum absolute atomic E-state index is 0.186. The molecule has 0 fully saturated rings. The largest absolute Gasteiger partial charge is 0.497 e. The number of hydrogen-bond donors (Lipinski definition) is 0. The van der Waals surface area contributed by atoms with Crippen LogP contribution in [0.15, 0.2) is 53.3 Å². The van der Waals surface area contributed by atoms with Crippen molar-refractivity contribution in [1.82, 2.24) is 14.6 Å². The Labute approximate surface area is 153 Å². The topological polar surface area (TPSA) is 65.7 Å². The van der Waals surface area contributed by atoms with Crippen molar-refractivity contribution < 1.29 is 9.47 Å². The molecule has 4 aromatic rings. The fraction of sp³-hybridized carbons (Fsp3) is 0.105. The Bertz CT molecular complexity index is 1180. The van der Waals surface area contributed by atoms with Crippen molar-refractivity contribution in [1.29, 1.82) is 0 Å². The van der Waals surface area contributed by atoms with Gasteiger partial charge in [0.2, 0.25) is 4.96 Å². The molecule has 0 aliphatic heterocycles.